The van der Waals surface area contributed by atoms with Crippen LogP contribution in [0.1, 0.15) is 43.7 Å². The molecule has 1 fully saturated rings. The van der Waals surface area contributed by atoms with E-state index in [4.69, 9.17) is 4.74 Å². The number of carboxylic acid groups (broad SMARTS) is 1. The number of aliphatic carboxylic acids is 1. The molecule has 0 aliphatic carbocycles. The molecule has 18 heavy (non-hydrogen) atoms. The smallest absolute Gasteiger partial charge is 0.352 e. The van der Waals surface area contributed by atoms with Gasteiger partial charge in [-0.2, -0.15) is 0 Å². The minimum Gasteiger partial charge on any atom is -0.478 e. The maximum absolute atomic E-state index is 11.4. The molecular formula is C14H16O4. The molecule has 1 aliphatic heterocycles. The quantitative estimate of drug-likeness (QED) is 0.834. The number of cyclic esters (lactones) is 1. The first-order valence-corrected chi connectivity index (χ1v) is 6.01. The Labute approximate surface area is 106 Å². The summed E-state index contributed by atoms with van der Waals surface area (Å²) in [7, 11) is 0. The van der Waals surface area contributed by atoms with Gasteiger partial charge in [0.1, 0.15) is 0 Å². The number of ether oxygens (including phenoxy) is 1. The van der Waals surface area contributed by atoms with E-state index in [-0.39, 0.29) is 12.8 Å². The van der Waals surface area contributed by atoms with Crippen LogP contribution in [0.3, 0.4) is 0 Å². The maximum atomic E-state index is 11.4. The summed E-state index contributed by atoms with van der Waals surface area (Å²) < 4.78 is 5.06. The molecule has 0 radical (unpaired) electrons. The van der Waals surface area contributed by atoms with Crippen molar-refractivity contribution in [2.45, 2.75) is 38.2 Å². The summed E-state index contributed by atoms with van der Waals surface area (Å²) in [5.74, 6) is -1.18. The van der Waals surface area contributed by atoms with E-state index in [1.54, 1.807) is 12.1 Å². The zero-order valence-corrected chi connectivity index (χ0v) is 10.5. The summed E-state index contributed by atoms with van der Waals surface area (Å²) in [5.41, 5.74) is 0.168. The molecule has 1 N–H and O–H groups in total. The average Bonchev–Trinajstić information content (AvgIpc) is 2.73. The molecule has 1 atom stereocenters. The molecule has 0 unspecified atom stereocenters. The van der Waals surface area contributed by atoms with Crippen LogP contribution in [0.25, 0.3) is 0 Å². The molecule has 1 aromatic rings. The van der Waals surface area contributed by atoms with Crippen molar-refractivity contribution in [2.75, 3.05) is 0 Å². The van der Waals surface area contributed by atoms with E-state index in [9.17, 15) is 14.7 Å². The second-order valence-electron chi connectivity index (χ2n) is 4.88. The first-order valence-electron chi connectivity index (χ1n) is 6.01. The Morgan fingerprint density at radius 1 is 1.33 bits per heavy atom. The fraction of sp³-hybridized carbons (Fsp3) is 0.429. The molecule has 4 nitrogen and oxygen atoms in total. The van der Waals surface area contributed by atoms with Gasteiger partial charge in [-0.25, -0.2) is 4.79 Å². The number of hydrogen-bond acceptors (Lipinski definition) is 3. The van der Waals surface area contributed by atoms with E-state index >= 15 is 0 Å². The Balaban J connectivity index is 2.38. The van der Waals surface area contributed by atoms with Gasteiger partial charge >= 0.3 is 11.9 Å². The van der Waals surface area contributed by atoms with Crippen LogP contribution in [0.2, 0.25) is 0 Å². The summed E-state index contributed by atoms with van der Waals surface area (Å²) in [6.45, 7) is 4.13. The van der Waals surface area contributed by atoms with Crippen molar-refractivity contribution in [1.29, 1.82) is 0 Å². The minimum atomic E-state index is -1.49. The lowest BCUT2D eigenvalue weighted by Crippen LogP contribution is -2.35. The number of hydrogen-bond donors (Lipinski definition) is 1. The number of esters is 1. The van der Waals surface area contributed by atoms with Crippen molar-refractivity contribution in [3.8, 4) is 0 Å². The van der Waals surface area contributed by atoms with Crippen LogP contribution in [0.4, 0.5) is 0 Å². The third kappa shape index (κ3) is 1.98. The van der Waals surface area contributed by atoms with Crippen LogP contribution in [-0.4, -0.2) is 17.0 Å². The maximum Gasteiger partial charge on any atom is 0.352 e. The van der Waals surface area contributed by atoms with E-state index in [0.717, 1.165) is 5.56 Å². The second-order valence-corrected chi connectivity index (χ2v) is 4.88. The van der Waals surface area contributed by atoms with Gasteiger partial charge in [0.2, 0.25) is 5.60 Å². The molecule has 1 aliphatic rings. The van der Waals surface area contributed by atoms with Crippen LogP contribution in [-0.2, 0) is 19.9 Å². The average molecular weight is 248 g/mol. The lowest BCUT2D eigenvalue weighted by Gasteiger charge is -2.23. The number of benzene rings is 1. The topological polar surface area (TPSA) is 63.6 Å². The standard InChI is InChI=1S/C14H16O4/c1-9(2)10-3-5-11(6-4-10)14(13(16)17)8-7-12(15)18-14/h3-6,9H,7-8H2,1-2H3,(H,16,17)/t14-/m1/s1. The number of carbonyl (C=O) groups is 2. The molecule has 0 spiro atoms. The lowest BCUT2D eigenvalue weighted by molar-refractivity contribution is -0.170. The fourth-order valence-electron chi connectivity index (χ4n) is 2.19. The molecule has 0 bridgehead atoms. The highest BCUT2D eigenvalue weighted by Gasteiger charge is 2.49. The van der Waals surface area contributed by atoms with Gasteiger partial charge < -0.3 is 9.84 Å². The number of rotatable bonds is 3. The molecule has 0 saturated carbocycles. The van der Waals surface area contributed by atoms with E-state index in [1.165, 1.54) is 0 Å². The summed E-state index contributed by atoms with van der Waals surface area (Å²) in [5, 5.41) is 9.34. The van der Waals surface area contributed by atoms with Gasteiger partial charge in [-0.3, -0.25) is 4.79 Å². The zero-order chi connectivity index (χ0) is 13.3. The van der Waals surface area contributed by atoms with E-state index in [0.29, 0.717) is 11.5 Å². The normalized spacial score (nSPS) is 23.2. The summed E-state index contributed by atoms with van der Waals surface area (Å²) >= 11 is 0. The molecule has 96 valence electrons. The Hall–Kier alpha value is -1.84. The Bertz CT molecular complexity index is 475. The van der Waals surface area contributed by atoms with Crippen molar-refractivity contribution in [3.63, 3.8) is 0 Å². The van der Waals surface area contributed by atoms with Crippen molar-refractivity contribution in [1.82, 2.24) is 0 Å². The van der Waals surface area contributed by atoms with E-state index < -0.39 is 17.5 Å². The van der Waals surface area contributed by atoms with Crippen LogP contribution in [0, 0.1) is 0 Å². The van der Waals surface area contributed by atoms with Gasteiger partial charge in [0.25, 0.3) is 0 Å². The van der Waals surface area contributed by atoms with Crippen molar-refractivity contribution in [3.05, 3.63) is 35.4 Å². The first kappa shape index (κ1) is 12.6. The van der Waals surface area contributed by atoms with Gasteiger partial charge in [-0.15, -0.1) is 0 Å². The van der Waals surface area contributed by atoms with Gasteiger partial charge in [-0.1, -0.05) is 38.1 Å². The molecule has 4 heteroatoms. The monoisotopic (exact) mass is 248 g/mol. The predicted molar refractivity (Wildman–Crippen MR) is 65.2 cm³/mol. The van der Waals surface area contributed by atoms with Crippen LogP contribution >= 0.6 is 0 Å². The second kappa shape index (κ2) is 4.44. The summed E-state index contributed by atoms with van der Waals surface area (Å²) in [6.07, 6.45) is 0.348. The Morgan fingerprint density at radius 2 is 1.94 bits per heavy atom. The molecule has 1 saturated heterocycles. The highest BCUT2D eigenvalue weighted by Crippen LogP contribution is 2.37. The van der Waals surface area contributed by atoms with Gasteiger partial charge in [0.05, 0.1) is 6.42 Å². The van der Waals surface area contributed by atoms with Crippen molar-refractivity contribution < 1.29 is 19.4 Å². The number of carbonyl (C=O) groups excluding carboxylic acids is 1. The minimum absolute atomic E-state index is 0.151. The molecule has 2 rings (SSSR count). The third-order valence-electron chi connectivity index (χ3n) is 3.36. The predicted octanol–water partition coefficient (Wildman–Crippen LogP) is 2.43. The molecule has 0 aromatic heterocycles. The zero-order valence-electron chi connectivity index (χ0n) is 10.5. The van der Waals surface area contributed by atoms with Crippen LogP contribution < -0.4 is 0 Å². The highest BCUT2D eigenvalue weighted by atomic mass is 16.6. The molecule has 0 amide bonds. The number of carboxylic acids is 1. The van der Waals surface area contributed by atoms with Crippen molar-refractivity contribution in [2.24, 2.45) is 0 Å². The molecule has 1 aromatic carbocycles. The van der Waals surface area contributed by atoms with E-state index in [1.807, 2.05) is 12.1 Å². The summed E-state index contributed by atoms with van der Waals surface area (Å²) in [4.78, 5) is 22.6. The van der Waals surface area contributed by atoms with Gasteiger partial charge in [0, 0.05) is 12.0 Å². The van der Waals surface area contributed by atoms with Gasteiger partial charge in [0.15, 0.2) is 0 Å². The lowest BCUT2D eigenvalue weighted by atomic mass is 9.89. The van der Waals surface area contributed by atoms with Gasteiger partial charge in [-0.05, 0) is 11.5 Å². The molecule has 1 heterocycles. The largest absolute Gasteiger partial charge is 0.478 e. The summed E-state index contributed by atoms with van der Waals surface area (Å²) in [6, 6.07) is 7.25. The Morgan fingerprint density at radius 3 is 2.33 bits per heavy atom. The van der Waals surface area contributed by atoms with Crippen LogP contribution in [0.15, 0.2) is 24.3 Å². The Kier molecular flexibility index (Phi) is 3.11. The fourth-order valence-corrected chi connectivity index (χ4v) is 2.19. The molecular weight excluding hydrogens is 232 g/mol. The SMILES string of the molecule is CC(C)c1ccc([C@@]2(C(=O)O)CCC(=O)O2)cc1. The van der Waals surface area contributed by atoms with E-state index in [2.05, 4.69) is 13.8 Å². The van der Waals surface area contributed by atoms with Crippen LogP contribution in [0.5, 0.6) is 0 Å². The third-order valence-corrected chi connectivity index (χ3v) is 3.36. The highest BCUT2D eigenvalue weighted by molar-refractivity contribution is 5.86. The van der Waals surface area contributed by atoms with Crippen molar-refractivity contribution >= 4 is 11.9 Å². The first-order chi connectivity index (χ1) is 8.45.